The van der Waals surface area contributed by atoms with Gasteiger partial charge >= 0.3 is 11.3 Å². The predicted octanol–water partition coefficient (Wildman–Crippen LogP) is 3.75. The molecule has 0 unspecified atom stereocenters. The number of carbonyl (C=O) groups is 2. The van der Waals surface area contributed by atoms with Gasteiger partial charge in [-0.05, 0) is 42.9 Å². The van der Waals surface area contributed by atoms with Gasteiger partial charge in [-0.25, -0.2) is 9.78 Å². The molecular formula is C24H19N4O5S+. The SMILES string of the molecule is CC(=O)c1c(C)nc2sc(C(=O)c3c(=O)o[nH][n+]3-c3ccc(C)cc3)c(N)c2c1-c1ccco1. The Morgan fingerprint density at radius 2 is 1.88 bits per heavy atom. The Morgan fingerprint density at radius 1 is 1.15 bits per heavy atom. The number of thiophene rings is 1. The van der Waals surface area contributed by atoms with Gasteiger partial charge in [0.2, 0.25) is 5.69 Å². The Hall–Kier alpha value is -4.31. The smallest absolute Gasteiger partial charge is 0.439 e. The van der Waals surface area contributed by atoms with Crippen LogP contribution in [0.2, 0.25) is 0 Å². The lowest BCUT2D eigenvalue weighted by Gasteiger charge is -2.10. The molecule has 0 fully saturated rings. The number of furan rings is 1. The molecule has 10 heteroatoms. The highest BCUT2D eigenvalue weighted by atomic mass is 32.1. The van der Waals surface area contributed by atoms with Gasteiger partial charge in [0.15, 0.2) is 5.78 Å². The molecule has 0 radical (unpaired) electrons. The van der Waals surface area contributed by atoms with Gasteiger partial charge in [0, 0.05) is 23.1 Å². The monoisotopic (exact) mass is 475 g/mol. The van der Waals surface area contributed by atoms with E-state index in [4.69, 9.17) is 14.7 Å². The van der Waals surface area contributed by atoms with E-state index in [1.54, 1.807) is 31.2 Å². The second kappa shape index (κ2) is 7.92. The largest absolute Gasteiger partial charge is 0.464 e. The fraction of sp³-hybridized carbons (Fsp3) is 0.125. The van der Waals surface area contributed by atoms with E-state index in [0.29, 0.717) is 38.5 Å². The van der Waals surface area contributed by atoms with Crippen molar-refractivity contribution < 1.29 is 23.2 Å². The second-order valence-corrected chi connectivity index (χ2v) is 8.83. The molecule has 9 nitrogen and oxygen atoms in total. The number of hydrogen-bond donors (Lipinski definition) is 2. The van der Waals surface area contributed by atoms with Crippen LogP contribution in [0.25, 0.3) is 27.2 Å². The predicted molar refractivity (Wildman–Crippen MR) is 126 cm³/mol. The number of nitrogen functional groups attached to an aromatic ring is 1. The summed E-state index contributed by atoms with van der Waals surface area (Å²) in [6, 6.07) is 10.6. The fourth-order valence-electron chi connectivity index (χ4n) is 3.98. The number of aromatic amines is 1. The van der Waals surface area contributed by atoms with E-state index >= 15 is 0 Å². The molecule has 0 aliphatic carbocycles. The van der Waals surface area contributed by atoms with Crippen molar-refractivity contribution in [2.24, 2.45) is 0 Å². The van der Waals surface area contributed by atoms with Crippen molar-refractivity contribution in [1.29, 1.82) is 0 Å². The number of aromatic nitrogens is 3. The summed E-state index contributed by atoms with van der Waals surface area (Å²) in [4.78, 5) is 43.7. The van der Waals surface area contributed by atoms with Crippen molar-refractivity contribution in [1.82, 2.24) is 10.3 Å². The van der Waals surface area contributed by atoms with Crippen LogP contribution in [-0.2, 0) is 0 Å². The molecule has 0 saturated carbocycles. The summed E-state index contributed by atoms with van der Waals surface area (Å²) in [6.07, 6.45) is 1.49. The number of carbonyl (C=O) groups excluding carboxylic acids is 2. The highest BCUT2D eigenvalue weighted by Crippen LogP contribution is 2.42. The number of fused-ring (bicyclic) bond motifs is 1. The third kappa shape index (κ3) is 3.27. The number of aryl methyl sites for hydroxylation is 2. The number of nitrogens with one attached hydrogen (secondary N) is 1. The lowest BCUT2D eigenvalue weighted by atomic mass is 9.97. The van der Waals surface area contributed by atoms with Crippen LogP contribution in [0.3, 0.4) is 0 Å². The van der Waals surface area contributed by atoms with Gasteiger partial charge in [0.05, 0.1) is 23.2 Å². The molecule has 0 amide bonds. The lowest BCUT2D eigenvalue weighted by molar-refractivity contribution is -0.672. The molecule has 0 aliphatic rings. The summed E-state index contributed by atoms with van der Waals surface area (Å²) >= 11 is 1.04. The zero-order valence-corrected chi connectivity index (χ0v) is 19.3. The fourth-order valence-corrected chi connectivity index (χ4v) is 5.07. The number of nitrogens with zero attached hydrogens (tertiary/aromatic N) is 2. The molecule has 5 aromatic rings. The molecule has 0 spiro atoms. The first kappa shape index (κ1) is 21.5. The average Bonchev–Trinajstić information content (AvgIpc) is 3.52. The summed E-state index contributed by atoms with van der Waals surface area (Å²) in [5.74, 6) is -0.399. The molecule has 0 saturated heterocycles. The number of ketones is 2. The standard InChI is InChI=1S/C24H18N4O5S/c1-11-6-8-14(9-7-11)28-20(24(31)33-27-28)21(30)22-19(25)18-17(15-5-4-10-32-15)16(13(3)29)12(2)26-23(18)34-22/h4-10H,1-3H3,(H2-,25,27,30,31)/p+1. The molecule has 170 valence electrons. The van der Waals surface area contributed by atoms with Crippen LogP contribution in [0.1, 0.15) is 43.9 Å². The summed E-state index contributed by atoms with van der Waals surface area (Å²) in [5, 5.41) is 2.91. The van der Waals surface area contributed by atoms with E-state index in [1.807, 2.05) is 19.1 Å². The normalized spacial score (nSPS) is 11.3. The van der Waals surface area contributed by atoms with Gasteiger partial charge in [-0.1, -0.05) is 17.7 Å². The van der Waals surface area contributed by atoms with Crippen LogP contribution in [0, 0.1) is 13.8 Å². The Bertz CT molecular complexity index is 1640. The Labute approximate surface area is 196 Å². The summed E-state index contributed by atoms with van der Waals surface area (Å²) in [6.45, 7) is 5.08. The topological polar surface area (TPSA) is 136 Å². The minimum absolute atomic E-state index is 0.113. The van der Waals surface area contributed by atoms with Crippen molar-refractivity contribution >= 4 is 38.8 Å². The Kier molecular flexibility index (Phi) is 5.02. The van der Waals surface area contributed by atoms with Crippen LogP contribution in [0.4, 0.5) is 5.69 Å². The van der Waals surface area contributed by atoms with E-state index in [2.05, 4.69) is 10.3 Å². The number of pyridine rings is 1. The average molecular weight is 476 g/mol. The van der Waals surface area contributed by atoms with Crippen molar-refractivity contribution in [3.8, 4) is 17.0 Å². The second-order valence-electron chi connectivity index (χ2n) is 7.84. The maximum Gasteiger partial charge on any atom is 0.439 e. The molecule has 34 heavy (non-hydrogen) atoms. The molecule has 3 N–H and O–H groups in total. The van der Waals surface area contributed by atoms with Gasteiger partial charge in [-0.3, -0.25) is 14.1 Å². The van der Waals surface area contributed by atoms with Gasteiger partial charge in [0.25, 0.3) is 5.78 Å². The number of Topliss-reactive ketones (excluding diaryl/α,β-unsaturated/α-hetero) is 1. The van der Waals surface area contributed by atoms with Crippen molar-refractivity contribution in [3.63, 3.8) is 0 Å². The number of anilines is 1. The van der Waals surface area contributed by atoms with Gasteiger partial charge < -0.3 is 10.2 Å². The minimum Gasteiger partial charge on any atom is -0.464 e. The molecule has 1 aromatic carbocycles. The molecular weight excluding hydrogens is 456 g/mol. The lowest BCUT2D eigenvalue weighted by Crippen LogP contribution is -2.41. The van der Waals surface area contributed by atoms with Crippen LogP contribution in [0.5, 0.6) is 0 Å². The number of hydrogen-bond acceptors (Lipinski definition) is 8. The first-order valence-electron chi connectivity index (χ1n) is 10.3. The zero-order chi connectivity index (χ0) is 24.1. The van der Waals surface area contributed by atoms with E-state index in [0.717, 1.165) is 16.9 Å². The maximum atomic E-state index is 13.6. The number of benzene rings is 1. The number of rotatable bonds is 5. The molecule has 4 heterocycles. The quantitative estimate of drug-likeness (QED) is 0.292. The van der Waals surface area contributed by atoms with E-state index in [1.165, 1.54) is 17.9 Å². The summed E-state index contributed by atoms with van der Waals surface area (Å²) in [5.41, 5.74) is 8.41. The van der Waals surface area contributed by atoms with E-state index in [9.17, 15) is 14.4 Å². The van der Waals surface area contributed by atoms with Gasteiger partial charge in [0.1, 0.15) is 15.5 Å². The first-order chi connectivity index (χ1) is 16.3. The number of H-pyrrole nitrogens is 1. The van der Waals surface area contributed by atoms with Crippen molar-refractivity contribution in [2.45, 2.75) is 20.8 Å². The highest BCUT2D eigenvalue weighted by molar-refractivity contribution is 7.21. The zero-order valence-electron chi connectivity index (χ0n) is 18.5. The Balaban J connectivity index is 1.76. The van der Waals surface area contributed by atoms with E-state index in [-0.39, 0.29) is 22.0 Å². The van der Waals surface area contributed by atoms with Crippen LogP contribution in [-0.4, -0.2) is 21.8 Å². The van der Waals surface area contributed by atoms with Crippen LogP contribution in [0.15, 0.2) is 56.4 Å². The van der Waals surface area contributed by atoms with Gasteiger partial charge in [-0.15, -0.1) is 11.3 Å². The van der Waals surface area contributed by atoms with Crippen LogP contribution < -0.4 is 16.0 Å². The van der Waals surface area contributed by atoms with Crippen molar-refractivity contribution in [2.75, 3.05) is 5.73 Å². The van der Waals surface area contributed by atoms with Gasteiger partial charge in [-0.2, -0.15) is 0 Å². The summed E-state index contributed by atoms with van der Waals surface area (Å²) in [7, 11) is 0. The minimum atomic E-state index is -0.831. The molecule has 0 bridgehead atoms. The third-order valence-corrected chi connectivity index (χ3v) is 6.64. The third-order valence-electron chi connectivity index (χ3n) is 5.54. The molecule has 5 rings (SSSR count). The molecule has 0 aliphatic heterocycles. The van der Waals surface area contributed by atoms with Crippen LogP contribution >= 0.6 is 11.3 Å². The highest BCUT2D eigenvalue weighted by Gasteiger charge is 2.35. The van der Waals surface area contributed by atoms with E-state index < -0.39 is 11.4 Å². The van der Waals surface area contributed by atoms with Crippen molar-refractivity contribution in [3.05, 3.63) is 80.5 Å². The Morgan fingerprint density at radius 3 is 2.53 bits per heavy atom. The first-order valence-corrected chi connectivity index (χ1v) is 11.1. The molecule has 0 atom stereocenters. The number of nitrogens with two attached hydrogens (primary N) is 1. The maximum absolute atomic E-state index is 13.6. The molecule has 4 aromatic heterocycles. The summed E-state index contributed by atoms with van der Waals surface area (Å²) < 4.78 is 11.8.